The van der Waals surface area contributed by atoms with Crippen LogP contribution < -0.4 is 10.3 Å². The van der Waals surface area contributed by atoms with Crippen molar-refractivity contribution in [1.29, 1.82) is 0 Å². The summed E-state index contributed by atoms with van der Waals surface area (Å²) in [6.07, 6.45) is 0. The average molecular weight is 296 g/mol. The molecule has 21 heavy (non-hydrogen) atoms. The van der Waals surface area contributed by atoms with Gasteiger partial charge in [0.2, 0.25) is 0 Å². The van der Waals surface area contributed by atoms with Crippen LogP contribution in [0.4, 0.5) is 5.69 Å². The van der Waals surface area contributed by atoms with Crippen molar-refractivity contribution in [2.75, 3.05) is 5.48 Å². The first-order valence-corrected chi connectivity index (χ1v) is 7.03. The molecule has 0 fully saturated rings. The van der Waals surface area contributed by atoms with Crippen molar-refractivity contribution >= 4 is 17.3 Å². The average Bonchev–Trinajstić information content (AvgIpc) is 2.55. The van der Waals surface area contributed by atoms with Crippen molar-refractivity contribution in [3.63, 3.8) is 0 Å². The molecule has 0 unspecified atom stereocenters. The summed E-state index contributed by atoms with van der Waals surface area (Å²) in [6.45, 7) is 0. The number of anilines is 1. The van der Waals surface area contributed by atoms with Gasteiger partial charge in [0.25, 0.3) is 0 Å². The molecule has 2 nitrogen and oxygen atoms in total. The number of hydrogen-bond donors (Lipinski definition) is 1. The van der Waals surface area contributed by atoms with Crippen molar-refractivity contribution in [1.82, 2.24) is 0 Å². The Morgan fingerprint density at radius 1 is 0.667 bits per heavy atom. The first kappa shape index (κ1) is 13.5. The van der Waals surface area contributed by atoms with E-state index in [-0.39, 0.29) is 0 Å². The molecular weight excluding hydrogens is 282 g/mol. The Morgan fingerprint density at radius 3 is 1.86 bits per heavy atom. The van der Waals surface area contributed by atoms with Gasteiger partial charge in [0.1, 0.15) is 0 Å². The van der Waals surface area contributed by atoms with Crippen LogP contribution in [0.15, 0.2) is 78.9 Å². The standard InChI is InChI=1S/C18H14ClNO/c19-16-10-6-14(7-11-16)15-8-12-18(13-9-15)21-20-17-4-2-1-3-5-17/h1-13,20H. The van der Waals surface area contributed by atoms with Crippen molar-refractivity contribution in [2.24, 2.45) is 0 Å². The van der Waals surface area contributed by atoms with Crippen LogP contribution in [0.1, 0.15) is 0 Å². The fraction of sp³-hybridized carbons (Fsp3) is 0. The molecule has 0 amide bonds. The Morgan fingerprint density at radius 2 is 1.24 bits per heavy atom. The highest BCUT2D eigenvalue weighted by molar-refractivity contribution is 6.30. The number of halogens is 1. The zero-order valence-corrected chi connectivity index (χ0v) is 12.0. The molecule has 0 heterocycles. The van der Waals surface area contributed by atoms with Gasteiger partial charge < -0.3 is 4.84 Å². The van der Waals surface area contributed by atoms with Crippen LogP contribution in [-0.4, -0.2) is 0 Å². The second kappa shape index (κ2) is 6.33. The SMILES string of the molecule is Clc1ccc(-c2ccc(ONc3ccccc3)cc2)cc1. The van der Waals surface area contributed by atoms with E-state index < -0.39 is 0 Å². The minimum Gasteiger partial charge on any atom is -0.382 e. The maximum atomic E-state index is 5.90. The van der Waals surface area contributed by atoms with Gasteiger partial charge >= 0.3 is 0 Å². The van der Waals surface area contributed by atoms with Crippen molar-refractivity contribution < 1.29 is 4.84 Å². The number of hydrogen-bond acceptors (Lipinski definition) is 2. The summed E-state index contributed by atoms with van der Waals surface area (Å²) >= 11 is 5.90. The fourth-order valence-corrected chi connectivity index (χ4v) is 2.11. The molecule has 0 aliphatic heterocycles. The second-order valence-electron chi connectivity index (χ2n) is 4.60. The molecule has 3 rings (SSSR count). The highest BCUT2D eigenvalue weighted by Gasteiger charge is 1.99. The van der Waals surface area contributed by atoms with E-state index in [0.29, 0.717) is 0 Å². The summed E-state index contributed by atoms with van der Waals surface area (Å²) in [5.41, 5.74) is 6.08. The minimum absolute atomic E-state index is 0.741. The van der Waals surface area contributed by atoms with Gasteiger partial charge in [0.15, 0.2) is 5.75 Å². The molecule has 0 aromatic heterocycles. The van der Waals surface area contributed by atoms with Gasteiger partial charge in [-0.15, -0.1) is 0 Å². The molecule has 1 N–H and O–H groups in total. The first-order valence-electron chi connectivity index (χ1n) is 6.65. The number of nitrogens with one attached hydrogen (secondary N) is 1. The van der Waals surface area contributed by atoms with Crippen LogP contribution in [0.3, 0.4) is 0 Å². The first-order chi connectivity index (χ1) is 10.3. The van der Waals surface area contributed by atoms with Crippen LogP contribution >= 0.6 is 11.6 Å². The Hall–Kier alpha value is -2.45. The van der Waals surface area contributed by atoms with Gasteiger partial charge in [-0.25, -0.2) is 5.48 Å². The van der Waals surface area contributed by atoms with Gasteiger partial charge in [0.05, 0.1) is 5.69 Å². The molecule has 0 saturated carbocycles. The van der Waals surface area contributed by atoms with Crippen molar-refractivity contribution in [3.05, 3.63) is 83.9 Å². The molecule has 0 radical (unpaired) electrons. The summed E-state index contributed by atoms with van der Waals surface area (Å²) in [5.74, 6) is 0.761. The molecule has 0 spiro atoms. The quantitative estimate of drug-likeness (QED) is 0.650. The van der Waals surface area contributed by atoms with Crippen LogP contribution in [0.25, 0.3) is 11.1 Å². The Labute approximate surface area is 128 Å². The predicted molar refractivity (Wildman–Crippen MR) is 87.6 cm³/mol. The monoisotopic (exact) mass is 295 g/mol. The number of benzene rings is 3. The molecule has 3 aromatic carbocycles. The highest BCUT2D eigenvalue weighted by Crippen LogP contribution is 2.24. The van der Waals surface area contributed by atoms with E-state index in [9.17, 15) is 0 Å². The van der Waals surface area contributed by atoms with Crippen molar-refractivity contribution in [2.45, 2.75) is 0 Å². The van der Waals surface area contributed by atoms with Crippen LogP contribution in [-0.2, 0) is 0 Å². The summed E-state index contributed by atoms with van der Waals surface area (Å²) in [7, 11) is 0. The molecule has 3 heteroatoms. The topological polar surface area (TPSA) is 21.3 Å². The van der Waals surface area contributed by atoms with E-state index in [1.807, 2.05) is 78.9 Å². The van der Waals surface area contributed by atoms with E-state index in [0.717, 1.165) is 27.6 Å². The third-order valence-electron chi connectivity index (χ3n) is 3.09. The Bertz CT molecular complexity index is 694. The molecular formula is C18H14ClNO. The van der Waals surface area contributed by atoms with Gasteiger partial charge in [-0.1, -0.05) is 54.1 Å². The summed E-state index contributed by atoms with van der Waals surface area (Å²) in [4.78, 5) is 5.53. The molecule has 104 valence electrons. The zero-order valence-electron chi connectivity index (χ0n) is 11.3. The lowest BCUT2D eigenvalue weighted by Gasteiger charge is -2.09. The van der Waals surface area contributed by atoms with E-state index in [1.165, 1.54) is 0 Å². The van der Waals surface area contributed by atoms with E-state index in [4.69, 9.17) is 16.4 Å². The summed E-state index contributed by atoms with van der Waals surface area (Å²) < 4.78 is 0. The van der Waals surface area contributed by atoms with Crippen LogP contribution in [0.5, 0.6) is 5.75 Å². The maximum absolute atomic E-state index is 5.90. The molecule has 0 atom stereocenters. The van der Waals surface area contributed by atoms with Gasteiger partial charge in [-0.3, -0.25) is 0 Å². The smallest absolute Gasteiger partial charge is 0.155 e. The largest absolute Gasteiger partial charge is 0.382 e. The Balaban J connectivity index is 1.68. The van der Waals surface area contributed by atoms with Crippen molar-refractivity contribution in [3.8, 4) is 16.9 Å². The lowest BCUT2D eigenvalue weighted by atomic mass is 10.1. The predicted octanol–water partition coefficient (Wildman–Crippen LogP) is 5.41. The van der Waals surface area contributed by atoms with Gasteiger partial charge in [0, 0.05) is 5.02 Å². The Kier molecular flexibility index (Phi) is 4.08. The van der Waals surface area contributed by atoms with E-state index >= 15 is 0 Å². The molecule has 3 aromatic rings. The zero-order chi connectivity index (χ0) is 14.5. The molecule has 0 aliphatic carbocycles. The van der Waals surface area contributed by atoms with Gasteiger partial charge in [-0.05, 0) is 47.5 Å². The lowest BCUT2D eigenvalue weighted by Crippen LogP contribution is -2.03. The number of para-hydroxylation sites is 1. The van der Waals surface area contributed by atoms with E-state index in [2.05, 4.69) is 5.48 Å². The summed E-state index contributed by atoms with van der Waals surface area (Å²) in [6, 6.07) is 25.4. The fourth-order valence-electron chi connectivity index (χ4n) is 1.98. The summed E-state index contributed by atoms with van der Waals surface area (Å²) in [5, 5.41) is 0.741. The normalized spacial score (nSPS) is 10.1. The molecule has 0 aliphatic rings. The molecule has 0 saturated heterocycles. The number of rotatable bonds is 4. The molecule has 0 bridgehead atoms. The van der Waals surface area contributed by atoms with Crippen LogP contribution in [0, 0.1) is 0 Å². The third-order valence-corrected chi connectivity index (χ3v) is 3.34. The lowest BCUT2D eigenvalue weighted by molar-refractivity contribution is 0.405. The van der Waals surface area contributed by atoms with Crippen LogP contribution in [0.2, 0.25) is 5.02 Å². The second-order valence-corrected chi connectivity index (χ2v) is 5.04. The minimum atomic E-state index is 0.741. The maximum Gasteiger partial charge on any atom is 0.155 e. The van der Waals surface area contributed by atoms with Gasteiger partial charge in [-0.2, -0.15) is 0 Å². The highest BCUT2D eigenvalue weighted by atomic mass is 35.5. The third kappa shape index (κ3) is 3.56. The van der Waals surface area contributed by atoms with E-state index in [1.54, 1.807) is 0 Å².